The van der Waals surface area contributed by atoms with Crippen LogP contribution in [0.3, 0.4) is 0 Å². The number of ether oxygens (including phenoxy) is 1. The van der Waals surface area contributed by atoms with Gasteiger partial charge in [-0.05, 0) is 34.7 Å². The first kappa shape index (κ1) is 12.0. The molecule has 1 aromatic heterocycles. The topological polar surface area (TPSA) is 39.2 Å². The zero-order chi connectivity index (χ0) is 12.7. The maximum Gasteiger partial charge on any atom is 0.170 e. The minimum atomic E-state index is -0.407. The number of hydrogen-bond donors (Lipinski definition) is 0. The highest BCUT2D eigenvalue weighted by molar-refractivity contribution is 14.1. The Morgan fingerprint density at radius 1 is 1.50 bits per heavy atom. The molecule has 1 unspecified atom stereocenters. The van der Waals surface area contributed by atoms with Gasteiger partial charge in [0.1, 0.15) is 16.6 Å². The van der Waals surface area contributed by atoms with Crippen molar-refractivity contribution in [2.45, 2.75) is 12.5 Å². The molecule has 0 radical (unpaired) electrons. The van der Waals surface area contributed by atoms with Gasteiger partial charge in [0, 0.05) is 6.07 Å². The van der Waals surface area contributed by atoms with Crippen LogP contribution in [0, 0.1) is 8.70 Å². The second-order valence-corrected chi connectivity index (χ2v) is 6.83. The molecule has 1 atom stereocenters. The number of aromatic nitrogens is 1. The average molecular weight is 375 g/mol. The summed E-state index contributed by atoms with van der Waals surface area (Å²) in [6.07, 6.45) is 1.58. The second-order valence-electron chi connectivity index (χ2n) is 3.88. The summed E-state index contributed by atoms with van der Waals surface area (Å²) in [6.45, 7) is 0. The SMILES string of the molecule is O=C1CC(c2ncc(I)s2)Oc2cc(F)ccc21. The van der Waals surface area contributed by atoms with Crippen molar-refractivity contribution in [3.05, 3.63) is 43.7 Å². The van der Waals surface area contributed by atoms with Crippen LogP contribution in [0.4, 0.5) is 4.39 Å². The molecule has 6 heteroatoms. The van der Waals surface area contributed by atoms with Crippen molar-refractivity contribution in [1.82, 2.24) is 4.98 Å². The number of halogens is 2. The van der Waals surface area contributed by atoms with E-state index in [1.54, 1.807) is 6.20 Å². The van der Waals surface area contributed by atoms with Gasteiger partial charge in [0.05, 0.1) is 21.1 Å². The third-order valence-corrected chi connectivity index (χ3v) is 4.47. The lowest BCUT2D eigenvalue weighted by molar-refractivity contribution is 0.0849. The number of fused-ring (bicyclic) bond motifs is 1. The number of hydrogen-bond acceptors (Lipinski definition) is 4. The van der Waals surface area contributed by atoms with Crippen molar-refractivity contribution in [1.29, 1.82) is 0 Å². The number of ketones is 1. The smallest absolute Gasteiger partial charge is 0.170 e. The molecule has 92 valence electrons. The van der Waals surface area contributed by atoms with Crippen LogP contribution in [-0.2, 0) is 0 Å². The molecule has 2 heterocycles. The minimum absolute atomic E-state index is 0.0357. The fourth-order valence-electron chi connectivity index (χ4n) is 1.85. The van der Waals surface area contributed by atoms with Crippen molar-refractivity contribution < 1.29 is 13.9 Å². The summed E-state index contributed by atoms with van der Waals surface area (Å²) >= 11 is 3.64. The monoisotopic (exact) mass is 375 g/mol. The summed E-state index contributed by atoms with van der Waals surface area (Å²) in [5, 5.41) is 0.752. The zero-order valence-corrected chi connectivity index (χ0v) is 12.0. The predicted molar refractivity (Wildman–Crippen MR) is 73.5 cm³/mol. The van der Waals surface area contributed by atoms with Gasteiger partial charge < -0.3 is 4.74 Å². The number of rotatable bonds is 1. The van der Waals surface area contributed by atoms with Crippen LogP contribution in [0.2, 0.25) is 0 Å². The number of benzene rings is 1. The van der Waals surface area contributed by atoms with Crippen molar-refractivity contribution in [3.8, 4) is 5.75 Å². The molecule has 3 rings (SSSR count). The van der Waals surface area contributed by atoms with E-state index in [4.69, 9.17) is 4.74 Å². The Balaban J connectivity index is 1.98. The fraction of sp³-hybridized carbons (Fsp3) is 0.167. The van der Waals surface area contributed by atoms with Gasteiger partial charge in [-0.15, -0.1) is 11.3 Å². The molecule has 1 aliphatic rings. The summed E-state index contributed by atoms with van der Waals surface area (Å²) < 4.78 is 19.8. The van der Waals surface area contributed by atoms with E-state index in [0.29, 0.717) is 11.3 Å². The maximum absolute atomic E-state index is 13.1. The van der Waals surface area contributed by atoms with E-state index in [1.807, 2.05) is 0 Å². The van der Waals surface area contributed by atoms with E-state index in [0.717, 1.165) is 7.89 Å². The number of carbonyl (C=O) groups excluding carboxylic acids is 1. The molecule has 3 nitrogen and oxygen atoms in total. The molecule has 0 aliphatic carbocycles. The summed E-state index contributed by atoms with van der Waals surface area (Å²) in [5.41, 5.74) is 0.443. The van der Waals surface area contributed by atoms with E-state index in [9.17, 15) is 9.18 Å². The molecule has 0 bridgehead atoms. The normalized spacial score (nSPS) is 18.3. The number of nitrogens with zero attached hydrogens (tertiary/aromatic N) is 1. The molecule has 0 fully saturated rings. The highest BCUT2D eigenvalue weighted by Crippen LogP contribution is 2.36. The van der Waals surface area contributed by atoms with Gasteiger partial charge in [-0.3, -0.25) is 4.79 Å². The van der Waals surface area contributed by atoms with E-state index in [1.165, 1.54) is 29.5 Å². The molecular formula is C12H7FINO2S. The highest BCUT2D eigenvalue weighted by Gasteiger charge is 2.29. The van der Waals surface area contributed by atoms with E-state index < -0.39 is 11.9 Å². The average Bonchev–Trinajstić information content (AvgIpc) is 2.75. The Morgan fingerprint density at radius 3 is 3.06 bits per heavy atom. The summed E-state index contributed by atoms with van der Waals surface area (Å²) in [5.74, 6) is -0.135. The standard InChI is InChI=1S/C12H7FINO2S/c13-6-1-2-7-8(16)4-10(17-9(7)3-6)12-15-5-11(14)18-12/h1-3,5,10H,4H2. The van der Waals surface area contributed by atoms with E-state index in [2.05, 4.69) is 27.6 Å². The Morgan fingerprint density at radius 2 is 2.33 bits per heavy atom. The molecule has 1 aliphatic heterocycles. The van der Waals surface area contributed by atoms with E-state index >= 15 is 0 Å². The second kappa shape index (κ2) is 4.58. The third kappa shape index (κ3) is 2.14. The maximum atomic E-state index is 13.1. The highest BCUT2D eigenvalue weighted by atomic mass is 127. The Labute approximate surface area is 120 Å². The first-order chi connectivity index (χ1) is 8.63. The minimum Gasteiger partial charge on any atom is -0.482 e. The van der Waals surface area contributed by atoms with Crippen LogP contribution in [0.15, 0.2) is 24.4 Å². The summed E-state index contributed by atoms with van der Waals surface area (Å²) in [6, 6.07) is 3.99. The Hall–Kier alpha value is -1.02. The molecule has 0 N–H and O–H groups in total. The summed E-state index contributed by atoms with van der Waals surface area (Å²) in [4.78, 5) is 16.2. The van der Waals surface area contributed by atoms with Crippen LogP contribution in [0.1, 0.15) is 27.9 Å². The van der Waals surface area contributed by atoms with Crippen LogP contribution >= 0.6 is 33.9 Å². The fourth-order valence-corrected chi connectivity index (χ4v) is 3.34. The van der Waals surface area contributed by atoms with Gasteiger partial charge in [-0.25, -0.2) is 9.37 Å². The van der Waals surface area contributed by atoms with Crippen molar-refractivity contribution in [2.24, 2.45) is 0 Å². The lowest BCUT2D eigenvalue weighted by Gasteiger charge is -2.23. The molecule has 0 saturated heterocycles. The first-order valence-electron chi connectivity index (χ1n) is 5.24. The van der Waals surface area contributed by atoms with Crippen LogP contribution in [-0.4, -0.2) is 10.8 Å². The number of Topliss-reactive ketones (excluding diaryl/α,β-unsaturated/α-hetero) is 1. The van der Waals surface area contributed by atoms with Crippen molar-refractivity contribution in [3.63, 3.8) is 0 Å². The van der Waals surface area contributed by atoms with Gasteiger partial charge in [0.2, 0.25) is 0 Å². The van der Waals surface area contributed by atoms with Gasteiger partial charge in [0.25, 0.3) is 0 Å². The third-order valence-electron chi connectivity index (χ3n) is 2.65. The van der Waals surface area contributed by atoms with E-state index in [-0.39, 0.29) is 12.2 Å². The zero-order valence-electron chi connectivity index (χ0n) is 9.02. The van der Waals surface area contributed by atoms with Gasteiger partial charge in [0.15, 0.2) is 11.9 Å². The summed E-state index contributed by atoms with van der Waals surface area (Å²) in [7, 11) is 0. The Kier molecular flexibility index (Phi) is 3.06. The molecule has 0 amide bonds. The van der Waals surface area contributed by atoms with Gasteiger partial charge in [-0.1, -0.05) is 0 Å². The number of carbonyl (C=O) groups is 1. The molecule has 0 saturated carbocycles. The Bertz CT molecular complexity index is 628. The van der Waals surface area contributed by atoms with Gasteiger partial charge >= 0.3 is 0 Å². The van der Waals surface area contributed by atoms with Gasteiger partial charge in [-0.2, -0.15) is 0 Å². The molecule has 0 spiro atoms. The molecule has 18 heavy (non-hydrogen) atoms. The lowest BCUT2D eigenvalue weighted by atomic mass is 10.0. The first-order valence-corrected chi connectivity index (χ1v) is 7.13. The molecule has 2 aromatic rings. The van der Waals surface area contributed by atoms with Crippen LogP contribution in [0.5, 0.6) is 5.75 Å². The van der Waals surface area contributed by atoms with Crippen molar-refractivity contribution >= 4 is 39.7 Å². The molecule has 1 aromatic carbocycles. The molecular weight excluding hydrogens is 368 g/mol. The van der Waals surface area contributed by atoms with Crippen molar-refractivity contribution in [2.75, 3.05) is 0 Å². The quantitative estimate of drug-likeness (QED) is 0.716. The predicted octanol–water partition coefficient (Wildman–Crippen LogP) is 3.59. The largest absolute Gasteiger partial charge is 0.482 e. The van der Waals surface area contributed by atoms with Crippen LogP contribution < -0.4 is 4.74 Å². The lowest BCUT2D eigenvalue weighted by Crippen LogP contribution is -2.20. The van der Waals surface area contributed by atoms with Crippen LogP contribution in [0.25, 0.3) is 0 Å². The number of thiazole rings is 1.